The van der Waals surface area contributed by atoms with E-state index in [1.807, 2.05) is 18.2 Å². The van der Waals surface area contributed by atoms with Gasteiger partial charge in [0.15, 0.2) is 0 Å². The smallest absolute Gasteiger partial charge is 0.222 e. The largest absolute Gasteiger partial charge is 0.369 e. The Labute approximate surface area is 96.0 Å². The van der Waals surface area contributed by atoms with Crippen LogP contribution in [0.25, 0.3) is 0 Å². The first-order chi connectivity index (χ1) is 7.62. The van der Waals surface area contributed by atoms with Crippen molar-refractivity contribution in [2.24, 2.45) is 17.1 Å². The number of hydrogen-bond acceptors (Lipinski definition) is 2. The van der Waals surface area contributed by atoms with Crippen LogP contribution in [-0.2, 0) is 11.2 Å². The van der Waals surface area contributed by atoms with Gasteiger partial charge >= 0.3 is 0 Å². The van der Waals surface area contributed by atoms with Crippen LogP contribution in [0.1, 0.15) is 12.5 Å². The summed E-state index contributed by atoms with van der Waals surface area (Å²) in [5.41, 5.74) is 6.66. The second kappa shape index (κ2) is 4.26. The van der Waals surface area contributed by atoms with E-state index in [2.05, 4.69) is 24.4 Å². The van der Waals surface area contributed by atoms with Gasteiger partial charge in [0, 0.05) is 13.1 Å². The van der Waals surface area contributed by atoms with Crippen LogP contribution in [0, 0.1) is 11.3 Å². The van der Waals surface area contributed by atoms with Crippen molar-refractivity contribution in [3.8, 4) is 0 Å². The first-order valence-corrected chi connectivity index (χ1v) is 5.66. The molecular formula is C13H18N2O. The standard InChI is InChI=1S/C13H18N2O/c1-13(7-10-5-3-2-4-6-10)9-15-8-11(13)12(14)16/h2-6,11,15H,7-9H2,1H3,(H2,14,16). The van der Waals surface area contributed by atoms with Crippen LogP contribution in [0.15, 0.2) is 30.3 Å². The molecule has 0 aromatic heterocycles. The van der Waals surface area contributed by atoms with Gasteiger partial charge in [-0.3, -0.25) is 4.79 Å². The maximum atomic E-state index is 11.4. The minimum absolute atomic E-state index is 0.0484. The molecule has 1 aliphatic heterocycles. The number of carbonyl (C=O) groups excluding carboxylic acids is 1. The normalized spacial score (nSPS) is 29.2. The van der Waals surface area contributed by atoms with Crippen LogP contribution in [0.2, 0.25) is 0 Å². The number of amides is 1. The van der Waals surface area contributed by atoms with E-state index >= 15 is 0 Å². The molecule has 1 amide bonds. The average molecular weight is 218 g/mol. The third-order valence-corrected chi connectivity index (χ3v) is 3.51. The monoisotopic (exact) mass is 218 g/mol. The number of benzene rings is 1. The van der Waals surface area contributed by atoms with E-state index in [9.17, 15) is 4.79 Å². The molecule has 86 valence electrons. The van der Waals surface area contributed by atoms with Gasteiger partial charge in [-0.05, 0) is 17.4 Å². The van der Waals surface area contributed by atoms with Crippen LogP contribution in [0.5, 0.6) is 0 Å². The van der Waals surface area contributed by atoms with Crippen molar-refractivity contribution in [2.75, 3.05) is 13.1 Å². The highest BCUT2D eigenvalue weighted by Crippen LogP contribution is 2.34. The third-order valence-electron chi connectivity index (χ3n) is 3.51. The molecule has 1 aromatic carbocycles. The van der Waals surface area contributed by atoms with Gasteiger partial charge in [-0.25, -0.2) is 0 Å². The molecule has 1 saturated heterocycles. The Morgan fingerprint density at radius 2 is 2.19 bits per heavy atom. The number of nitrogens with two attached hydrogens (primary N) is 1. The highest BCUT2D eigenvalue weighted by Gasteiger charge is 2.41. The number of rotatable bonds is 3. The fourth-order valence-corrected chi connectivity index (χ4v) is 2.56. The van der Waals surface area contributed by atoms with Crippen LogP contribution in [-0.4, -0.2) is 19.0 Å². The summed E-state index contributed by atoms with van der Waals surface area (Å²) in [6, 6.07) is 10.3. The Bertz CT molecular complexity index is 377. The molecular weight excluding hydrogens is 200 g/mol. The lowest BCUT2D eigenvalue weighted by atomic mass is 9.75. The van der Waals surface area contributed by atoms with Crippen LogP contribution < -0.4 is 11.1 Å². The fourth-order valence-electron chi connectivity index (χ4n) is 2.56. The van der Waals surface area contributed by atoms with E-state index < -0.39 is 0 Å². The van der Waals surface area contributed by atoms with Crippen molar-refractivity contribution in [1.82, 2.24) is 5.32 Å². The first kappa shape index (κ1) is 11.1. The third kappa shape index (κ3) is 2.09. The lowest BCUT2D eigenvalue weighted by Crippen LogP contribution is -2.38. The maximum absolute atomic E-state index is 11.4. The Kier molecular flexibility index (Phi) is 2.97. The predicted molar refractivity (Wildman–Crippen MR) is 63.8 cm³/mol. The van der Waals surface area contributed by atoms with E-state index in [1.54, 1.807) is 0 Å². The van der Waals surface area contributed by atoms with Crippen molar-refractivity contribution < 1.29 is 4.79 Å². The van der Waals surface area contributed by atoms with Gasteiger partial charge in [-0.15, -0.1) is 0 Å². The molecule has 3 heteroatoms. The molecule has 3 N–H and O–H groups in total. The Balaban J connectivity index is 2.16. The topological polar surface area (TPSA) is 55.1 Å². The summed E-state index contributed by atoms with van der Waals surface area (Å²) < 4.78 is 0. The van der Waals surface area contributed by atoms with Crippen molar-refractivity contribution >= 4 is 5.91 Å². The minimum Gasteiger partial charge on any atom is -0.369 e. The zero-order chi connectivity index (χ0) is 11.6. The highest BCUT2D eigenvalue weighted by atomic mass is 16.1. The van der Waals surface area contributed by atoms with Crippen molar-refractivity contribution in [3.05, 3.63) is 35.9 Å². The summed E-state index contributed by atoms with van der Waals surface area (Å²) >= 11 is 0. The zero-order valence-corrected chi connectivity index (χ0v) is 9.57. The molecule has 2 atom stereocenters. The molecule has 1 heterocycles. The summed E-state index contributed by atoms with van der Waals surface area (Å²) in [6.07, 6.45) is 0.897. The summed E-state index contributed by atoms with van der Waals surface area (Å²) in [5, 5.41) is 3.26. The quantitative estimate of drug-likeness (QED) is 0.793. The predicted octanol–water partition coefficient (Wildman–Crippen LogP) is 0.940. The molecule has 1 aromatic rings. The van der Waals surface area contributed by atoms with Gasteiger partial charge in [-0.1, -0.05) is 37.3 Å². The molecule has 0 saturated carbocycles. The van der Waals surface area contributed by atoms with E-state index in [-0.39, 0.29) is 17.2 Å². The first-order valence-electron chi connectivity index (χ1n) is 5.66. The van der Waals surface area contributed by atoms with Gasteiger partial charge in [-0.2, -0.15) is 0 Å². The summed E-state index contributed by atoms with van der Waals surface area (Å²) in [6.45, 7) is 3.70. The molecule has 1 fully saturated rings. The van der Waals surface area contributed by atoms with Crippen molar-refractivity contribution in [2.45, 2.75) is 13.3 Å². The molecule has 2 rings (SSSR count). The zero-order valence-electron chi connectivity index (χ0n) is 9.57. The van der Waals surface area contributed by atoms with Crippen LogP contribution in [0.3, 0.4) is 0 Å². The molecule has 0 bridgehead atoms. The van der Waals surface area contributed by atoms with Gasteiger partial charge in [0.2, 0.25) is 5.91 Å². The Morgan fingerprint density at radius 1 is 1.50 bits per heavy atom. The summed E-state index contributed by atoms with van der Waals surface area (Å²) in [7, 11) is 0. The summed E-state index contributed by atoms with van der Waals surface area (Å²) in [5.74, 6) is -0.254. The fraction of sp³-hybridized carbons (Fsp3) is 0.462. The van der Waals surface area contributed by atoms with Crippen molar-refractivity contribution in [1.29, 1.82) is 0 Å². The van der Waals surface area contributed by atoms with E-state index in [0.717, 1.165) is 13.0 Å². The minimum atomic E-state index is -0.191. The molecule has 0 spiro atoms. The number of hydrogen-bond donors (Lipinski definition) is 2. The Morgan fingerprint density at radius 3 is 2.81 bits per heavy atom. The van der Waals surface area contributed by atoms with Gasteiger partial charge in [0.05, 0.1) is 5.92 Å². The number of nitrogens with one attached hydrogen (secondary N) is 1. The SMILES string of the molecule is CC1(Cc2ccccc2)CNCC1C(N)=O. The molecule has 0 aliphatic carbocycles. The van der Waals surface area contributed by atoms with Crippen LogP contribution in [0.4, 0.5) is 0 Å². The highest BCUT2D eigenvalue weighted by molar-refractivity contribution is 5.78. The molecule has 2 unspecified atom stereocenters. The van der Waals surface area contributed by atoms with Gasteiger partial charge in [0.25, 0.3) is 0 Å². The van der Waals surface area contributed by atoms with Crippen molar-refractivity contribution in [3.63, 3.8) is 0 Å². The Hall–Kier alpha value is -1.35. The lowest BCUT2D eigenvalue weighted by Gasteiger charge is -2.28. The van der Waals surface area contributed by atoms with Crippen LogP contribution >= 0.6 is 0 Å². The second-order valence-corrected chi connectivity index (χ2v) is 4.90. The maximum Gasteiger partial charge on any atom is 0.222 e. The number of primary amides is 1. The van der Waals surface area contributed by atoms with E-state index in [4.69, 9.17) is 5.73 Å². The molecule has 3 nitrogen and oxygen atoms in total. The molecule has 0 radical (unpaired) electrons. The van der Waals surface area contributed by atoms with E-state index in [0.29, 0.717) is 6.54 Å². The molecule has 16 heavy (non-hydrogen) atoms. The van der Waals surface area contributed by atoms with E-state index in [1.165, 1.54) is 5.56 Å². The second-order valence-electron chi connectivity index (χ2n) is 4.90. The average Bonchev–Trinajstić information content (AvgIpc) is 2.61. The number of carbonyl (C=O) groups is 1. The van der Waals surface area contributed by atoms with Gasteiger partial charge in [0.1, 0.15) is 0 Å². The lowest BCUT2D eigenvalue weighted by molar-refractivity contribution is -0.123. The van der Waals surface area contributed by atoms with Gasteiger partial charge < -0.3 is 11.1 Å². The molecule has 1 aliphatic rings. The summed E-state index contributed by atoms with van der Waals surface area (Å²) in [4.78, 5) is 11.4.